The summed E-state index contributed by atoms with van der Waals surface area (Å²) < 4.78 is 26.1. The summed E-state index contributed by atoms with van der Waals surface area (Å²) in [6.45, 7) is 13.1. The molecule has 2 aromatic carbocycles. The Morgan fingerprint density at radius 2 is 1.15 bits per heavy atom. The molecule has 2 rings (SSSR count). The van der Waals surface area contributed by atoms with Gasteiger partial charge in [0.2, 0.25) is 0 Å². The third kappa shape index (κ3) is 12.4. The molecular formula is C31H39N3O12. The van der Waals surface area contributed by atoms with Crippen molar-refractivity contribution in [3.8, 4) is 5.75 Å². The van der Waals surface area contributed by atoms with Crippen molar-refractivity contribution in [1.29, 1.82) is 0 Å². The second-order valence-corrected chi connectivity index (χ2v) is 12.8. The van der Waals surface area contributed by atoms with Crippen molar-refractivity contribution in [3.63, 3.8) is 0 Å². The summed E-state index contributed by atoms with van der Waals surface area (Å²) >= 11 is 0. The van der Waals surface area contributed by atoms with Crippen molar-refractivity contribution in [3.05, 3.63) is 64.2 Å². The number of rotatable bonds is 7. The van der Waals surface area contributed by atoms with E-state index in [1.54, 1.807) is 62.3 Å². The van der Waals surface area contributed by atoms with Crippen LogP contribution in [0.5, 0.6) is 5.75 Å². The highest BCUT2D eigenvalue weighted by molar-refractivity contribution is 6.14. The molecule has 0 bridgehead atoms. The Labute approximate surface area is 266 Å². The molecule has 0 atom stereocenters. The van der Waals surface area contributed by atoms with Gasteiger partial charge in [0.25, 0.3) is 11.6 Å². The SMILES string of the molecule is CC(C)(C)OC(=O)N(CC(=O)N(C(=O)OC(C)(C)C)c1ccc(COC(=O)Oc2ccc([N+](=O)[O-])cc2)cc1)C(=O)OC(C)(C)C. The zero-order chi connectivity index (χ0) is 35.0. The first kappa shape index (κ1) is 37.0. The van der Waals surface area contributed by atoms with Crippen LogP contribution in [0.1, 0.15) is 67.9 Å². The standard InChI is InChI=1S/C31H39N3O12/c1-29(2,3)44-25(36)32(26(37)45-30(4,5)6)18-24(35)33(27(38)46-31(7,8)9)21-12-10-20(11-13-21)19-42-28(39)43-23-16-14-22(15-17-23)34(40)41/h10-17H,18-19H2,1-9H3. The number of anilines is 1. The predicted octanol–water partition coefficient (Wildman–Crippen LogP) is 6.75. The molecular weight excluding hydrogens is 606 g/mol. The third-order valence-electron chi connectivity index (χ3n) is 5.15. The lowest BCUT2D eigenvalue weighted by molar-refractivity contribution is -0.384. The van der Waals surface area contributed by atoms with Crippen LogP contribution in [0.2, 0.25) is 0 Å². The molecule has 15 nitrogen and oxygen atoms in total. The summed E-state index contributed by atoms with van der Waals surface area (Å²) in [6.07, 6.45) is -4.48. The van der Waals surface area contributed by atoms with Crippen molar-refractivity contribution >= 4 is 41.7 Å². The maximum atomic E-state index is 13.6. The average Bonchev–Trinajstić information content (AvgIpc) is 2.88. The van der Waals surface area contributed by atoms with E-state index in [-0.39, 0.29) is 23.7 Å². The van der Waals surface area contributed by atoms with Gasteiger partial charge in [-0.2, -0.15) is 0 Å². The van der Waals surface area contributed by atoms with E-state index in [2.05, 4.69) is 0 Å². The van der Waals surface area contributed by atoms with E-state index >= 15 is 0 Å². The molecule has 0 N–H and O–H groups in total. The third-order valence-corrected chi connectivity index (χ3v) is 5.15. The van der Waals surface area contributed by atoms with Crippen LogP contribution in [-0.2, 0) is 30.3 Å². The smallest absolute Gasteiger partial charge is 0.443 e. The minimum Gasteiger partial charge on any atom is -0.443 e. The van der Waals surface area contributed by atoms with Gasteiger partial charge in [-0.1, -0.05) is 12.1 Å². The van der Waals surface area contributed by atoms with Gasteiger partial charge in [-0.3, -0.25) is 14.9 Å². The molecule has 2 aromatic rings. The fourth-order valence-electron chi connectivity index (χ4n) is 3.35. The molecule has 250 valence electrons. The minimum absolute atomic E-state index is 0.0183. The number of nitro groups is 1. The number of carbonyl (C=O) groups excluding carboxylic acids is 5. The summed E-state index contributed by atoms with van der Waals surface area (Å²) in [6, 6.07) is 10.5. The maximum absolute atomic E-state index is 13.6. The van der Waals surface area contributed by atoms with Gasteiger partial charge in [0.05, 0.1) is 10.6 Å². The molecule has 0 spiro atoms. The fraction of sp³-hybridized carbons (Fsp3) is 0.452. The minimum atomic E-state index is -1.16. The molecule has 0 unspecified atom stereocenters. The van der Waals surface area contributed by atoms with E-state index < -0.39 is 58.6 Å². The van der Waals surface area contributed by atoms with Gasteiger partial charge < -0.3 is 23.7 Å². The number of nitrogens with zero attached hydrogens (tertiary/aromatic N) is 3. The molecule has 4 amide bonds. The van der Waals surface area contributed by atoms with Crippen LogP contribution in [0.25, 0.3) is 0 Å². The summed E-state index contributed by atoms with van der Waals surface area (Å²) in [5.74, 6) is -0.981. The highest BCUT2D eigenvalue weighted by atomic mass is 16.7. The summed E-state index contributed by atoms with van der Waals surface area (Å²) in [5.41, 5.74) is -2.77. The molecule has 15 heteroatoms. The Kier molecular flexibility index (Phi) is 11.8. The van der Waals surface area contributed by atoms with Crippen LogP contribution < -0.4 is 9.64 Å². The topological polar surface area (TPSA) is 181 Å². The number of imide groups is 2. The molecule has 0 saturated carbocycles. The highest BCUT2D eigenvalue weighted by Gasteiger charge is 2.37. The van der Waals surface area contributed by atoms with Gasteiger partial charge in [-0.05, 0) is 92.1 Å². The lowest BCUT2D eigenvalue weighted by atomic mass is 10.2. The van der Waals surface area contributed by atoms with E-state index in [4.69, 9.17) is 23.7 Å². The first-order valence-electron chi connectivity index (χ1n) is 14.0. The van der Waals surface area contributed by atoms with Crippen molar-refractivity contribution in [1.82, 2.24) is 4.90 Å². The molecule has 0 aromatic heterocycles. The number of non-ortho nitro benzene ring substituents is 1. The number of hydrogen-bond acceptors (Lipinski definition) is 12. The van der Waals surface area contributed by atoms with Gasteiger partial charge in [-0.15, -0.1) is 0 Å². The molecule has 0 aliphatic rings. The number of benzene rings is 2. The van der Waals surface area contributed by atoms with Gasteiger partial charge >= 0.3 is 24.4 Å². The van der Waals surface area contributed by atoms with Crippen molar-refractivity contribution in [2.24, 2.45) is 0 Å². The second-order valence-electron chi connectivity index (χ2n) is 12.8. The van der Waals surface area contributed by atoms with Crippen LogP contribution in [-0.4, -0.2) is 63.5 Å². The average molecular weight is 646 g/mol. The molecule has 0 fully saturated rings. The first-order chi connectivity index (χ1) is 21.0. The number of amides is 4. The monoisotopic (exact) mass is 645 g/mol. The molecule has 0 heterocycles. The van der Waals surface area contributed by atoms with E-state index in [9.17, 15) is 34.1 Å². The Morgan fingerprint density at radius 1 is 0.696 bits per heavy atom. The zero-order valence-corrected chi connectivity index (χ0v) is 27.3. The number of hydrogen-bond donors (Lipinski definition) is 0. The summed E-state index contributed by atoms with van der Waals surface area (Å²) in [5, 5.41) is 10.8. The Balaban J connectivity index is 2.27. The summed E-state index contributed by atoms with van der Waals surface area (Å²) in [7, 11) is 0. The first-order valence-corrected chi connectivity index (χ1v) is 14.0. The fourth-order valence-corrected chi connectivity index (χ4v) is 3.35. The van der Waals surface area contributed by atoms with E-state index in [1.165, 1.54) is 48.5 Å². The lowest BCUT2D eigenvalue weighted by Gasteiger charge is -2.30. The number of nitro benzene ring substituents is 1. The van der Waals surface area contributed by atoms with E-state index in [1.807, 2.05) is 0 Å². The van der Waals surface area contributed by atoms with Crippen LogP contribution in [0.15, 0.2) is 48.5 Å². The highest BCUT2D eigenvalue weighted by Crippen LogP contribution is 2.23. The van der Waals surface area contributed by atoms with Crippen LogP contribution in [0.4, 0.5) is 30.6 Å². The molecule has 0 saturated heterocycles. The number of ether oxygens (including phenoxy) is 5. The van der Waals surface area contributed by atoms with Gasteiger partial charge in [0.1, 0.15) is 35.7 Å². The van der Waals surface area contributed by atoms with E-state index in [0.717, 1.165) is 0 Å². The second kappa shape index (κ2) is 14.7. The van der Waals surface area contributed by atoms with E-state index in [0.29, 0.717) is 15.4 Å². The lowest BCUT2D eigenvalue weighted by Crippen LogP contribution is -2.51. The molecule has 0 aliphatic heterocycles. The van der Waals surface area contributed by atoms with Gasteiger partial charge in [0, 0.05) is 12.1 Å². The van der Waals surface area contributed by atoms with Crippen molar-refractivity contribution in [2.75, 3.05) is 11.4 Å². The Morgan fingerprint density at radius 3 is 1.59 bits per heavy atom. The van der Waals surface area contributed by atoms with Crippen molar-refractivity contribution in [2.45, 2.75) is 85.7 Å². The van der Waals surface area contributed by atoms with Gasteiger partial charge in [-0.25, -0.2) is 29.0 Å². The normalized spacial score (nSPS) is 11.5. The Hall–Kier alpha value is -5.21. The quantitative estimate of drug-likeness (QED) is 0.102. The number of carbonyl (C=O) groups is 5. The van der Waals surface area contributed by atoms with Crippen LogP contribution in [0, 0.1) is 10.1 Å². The zero-order valence-electron chi connectivity index (χ0n) is 27.3. The van der Waals surface area contributed by atoms with Gasteiger partial charge in [0.15, 0.2) is 0 Å². The van der Waals surface area contributed by atoms with Crippen LogP contribution in [0.3, 0.4) is 0 Å². The predicted molar refractivity (Wildman–Crippen MR) is 163 cm³/mol. The van der Waals surface area contributed by atoms with Crippen LogP contribution >= 0.6 is 0 Å². The molecule has 46 heavy (non-hydrogen) atoms. The largest absolute Gasteiger partial charge is 0.514 e. The Bertz CT molecular complexity index is 1410. The summed E-state index contributed by atoms with van der Waals surface area (Å²) in [4.78, 5) is 76.1. The van der Waals surface area contributed by atoms with Crippen molar-refractivity contribution < 1.29 is 52.6 Å². The maximum Gasteiger partial charge on any atom is 0.514 e. The molecule has 0 aliphatic carbocycles. The molecule has 0 radical (unpaired) electrons.